The summed E-state index contributed by atoms with van der Waals surface area (Å²) in [5.74, 6) is 0. The summed E-state index contributed by atoms with van der Waals surface area (Å²) < 4.78 is 0. The molecular formula is C8H8ClNOS. The number of amides is 1. The zero-order valence-electron chi connectivity index (χ0n) is 6.50. The molecule has 0 spiro atoms. The average Bonchev–Trinajstić information content (AvgIpc) is 2.05. The minimum Gasteiger partial charge on any atom is -0.312 e. The minimum atomic E-state index is -0.563. The first-order valence-electron chi connectivity index (χ1n) is 3.33. The van der Waals surface area contributed by atoms with Gasteiger partial charge in [0.1, 0.15) is 0 Å². The van der Waals surface area contributed by atoms with Gasteiger partial charge in [0.05, 0.1) is 0 Å². The lowest BCUT2D eigenvalue weighted by Crippen LogP contribution is -1.99. The molecule has 0 aromatic heterocycles. The highest BCUT2D eigenvalue weighted by Crippen LogP contribution is 2.17. The van der Waals surface area contributed by atoms with E-state index in [1.165, 1.54) is 0 Å². The second-order valence-corrected chi connectivity index (χ2v) is 3.35. The van der Waals surface area contributed by atoms with Crippen LogP contribution >= 0.6 is 23.4 Å². The number of benzene rings is 1. The van der Waals surface area contributed by atoms with Gasteiger partial charge in [-0.1, -0.05) is 0 Å². The third-order valence-corrected chi connectivity index (χ3v) is 2.17. The van der Waals surface area contributed by atoms with Crippen LogP contribution in [0.25, 0.3) is 0 Å². The van der Waals surface area contributed by atoms with Gasteiger partial charge in [0.15, 0.2) is 0 Å². The maximum absolute atomic E-state index is 10.4. The number of halogens is 1. The lowest BCUT2D eigenvalue weighted by molar-refractivity contribution is 0.269. The molecule has 0 saturated carbocycles. The minimum absolute atomic E-state index is 0.563. The Morgan fingerprint density at radius 1 is 1.42 bits per heavy atom. The molecule has 0 atom stereocenters. The molecule has 64 valence electrons. The first kappa shape index (κ1) is 9.42. The van der Waals surface area contributed by atoms with Crippen molar-refractivity contribution in [3.8, 4) is 0 Å². The standard InChI is InChI=1S/C8H8ClNOS/c1-12-7-4-2-6(3-5-7)10-8(9)11/h2-5H,1H3,(H,10,11). The van der Waals surface area contributed by atoms with Gasteiger partial charge in [-0.15, -0.1) is 11.8 Å². The number of thioether (sulfide) groups is 1. The molecule has 0 bridgehead atoms. The number of rotatable bonds is 2. The highest BCUT2D eigenvalue weighted by molar-refractivity contribution is 7.98. The number of anilines is 1. The predicted molar refractivity (Wildman–Crippen MR) is 53.1 cm³/mol. The summed E-state index contributed by atoms with van der Waals surface area (Å²) in [6, 6.07) is 7.47. The summed E-state index contributed by atoms with van der Waals surface area (Å²) in [7, 11) is 0. The van der Waals surface area contributed by atoms with Crippen LogP contribution in [-0.2, 0) is 0 Å². The molecule has 0 fully saturated rings. The van der Waals surface area contributed by atoms with Crippen molar-refractivity contribution in [3.05, 3.63) is 24.3 Å². The van der Waals surface area contributed by atoms with Crippen LogP contribution in [0.2, 0.25) is 0 Å². The number of hydrogen-bond donors (Lipinski definition) is 1. The largest absolute Gasteiger partial charge is 0.318 e. The fraction of sp³-hybridized carbons (Fsp3) is 0.125. The fourth-order valence-electron chi connectivity index (χ4n) is 0.788. The lowest BCUT2D eigenvalue weighted by Gasteiger charge is -2.00. The Labute approximate surface area is 80.3 Å². The van der Waals surface area contributed by atoms with Crippen molar-refractivity contribution >= 4 is 34.4 Å². The Balaban J connectivity index is 2.71. The van der Waals surface area contributed by atoms with Crippen LogP contribution in [0.1, 0.15) is 0 Å². The highest BCUT2D eigenvalue weighted by Gasteiger charge is 1.95. The van der Waals surface area contributed by atoms with E-state index >= 15 is 0 Å². The van der Waals surface area contributed by atoms with Crippen LogP contribution in [0, 0.1) is 0 Å². The second-order valence-electron chi connectivity index (χ2n) is 2.13. The highest BCUT2D eigenvalue weighted by atomic mass is 35.5. The zero-order chi connectivity index (χ0) is 8.97. The van der Waals surface area contributed by atoms with E-state index in [2.05, 4.69) is 5.32 Å². The topological polar surface area (TPSA) is 29.1 Å². The summed E-state index contributed by atoms with van der Waals surface area (Å²) in [4.78, 5) is 11.6. The van der Waals surface area contributed by atoms with Gasteiger partial charge in [-0.3, -0.25) is 4.79 Å². The van der Waals surface area contributed by atoms with E-state index in [0.29, 0.717) is 5.69 Å². The molecule has 1 amide bonds. The molecule has 1 rings (SSSR count). The molecule has 1 N–H and O–H groups in total. The molecule has 1 aromatic rings. The maximum atomic E-state index is 10.4. The van der Waals surface area contributed by atoms with Gasteiger partial charge < -0.3 is 5.32 Å². The van der Waals surface area contributed by atoms with Gasteiger partial charge in [0.2, 0.25) is 0 Å². The molecule has 0 aliphatic heterocycles. The van der Waals surface area contributed by atoms with Crippen molar-refractivity contribution in [1.82, 2.24) is 0 Å². The van der Waals surface area contributed by atoms with E-state index in [9.17, 15) is 4.79 Å². The SMILES string of the molecule is CSc1ccc(NC(=O)Cl)cc1. The molecule has 12 heavy (non-hydrogen) atoms. The van der Waals surface area contributed by atoms with Crippen LogP contribution in [0.5, 0.6) is 0 Å². The molecule has 1 aromatic carbocycles. The molecule has 0 saturated heterocycles. The second kappa shape index (κ2) is 4.38. The Bertz CT molecular complexity index is 273. The van der Waals surface area contributed by atoms with E-state index in [0.717, 1.165) is 4.90 Å². The van der Waals surface area contributed by atoms with Gasteiger partial charge in [-0.2, -0.15) is 0 Å². The summed E-state index contributed by atoms with van der Waals surface area (Å²) in [6.07, 6.45) is 2.00. The lowest BCUT2D eigenvalue weighted by atomic mass is 10.3. The van der Waals surface area contributed by atoms with Crippen LogP contribution in [0.3, 0.4) is 0 Å². The number of carbonyl (C=O) groups excluding carboxylic acids is 1. The van der Waals surface area contributed by atoms with Crippen molar-refractivity contribution in [2.24, 2.45) is 0 Å². The van der Waals surface area contributed by atoms with Crippen LogP contribution < -0.4 is 5.32 Å². The van der Waals surface area contributed by atoms with Crippen LogP contribution in [0.15, 0.2) is 29.2 Å². The Hall–Kier alpha value is -0.670. The fourth-order valence-corrected chi connectivity index (χ4v) is 1.31. The third-order valence-electron chi connectivity index (χ3n) is 1.33. The van der Waals surface area contributed by atoms with Crippen molar-refractivity contribution in [2.45, 2.75) is 4.90 Å². The number of carbonyl (C=O) groups is 1. The normalized spacial score (nSPS) is 9.50. The van der Waals surface area contributed by atoms with Crippen LogP contribution in [0.4, 0.5) is 10.5 Å². The quantitative estimate of drug-likeness (QED) is 0.453. The molecule has 0 aliphatic rings. The molecular weight excluding hydrogens is 194 g/mol. The Morgan fingerprint density at radius 2 is 2.00 bits per heavy atom. The summed E-state index contributed by atoms with van der Waals surface area (Å²) in [5.41, 5.74) is 0.716. The van der Waals surface area contributed by atoms with Crippen molar-refractivity contribution in [2.75, 3.05) is 11.6 Å². The van der Waals surface area contributed by atoms with E-state index in [1.807, 2.05) is 30.5 Å². The first-order valence-corrected chi connectivity index (χ1v) is 4.93. The maximum Gasteiger partial charge on any atom is 0.318 e. The Kier molecular flexibility index (Phi) is 3.44. The number of hydrogen-bond acceptors (Lipinski definition) is 2. The Morgan fingerprint density at radius 3 is 2.42 bits per heavy atom. The van der Waals surface area contributed by atoms with Gasteiger partial charge in [0.25, 0.3) is 0 Å². The van der Waals surface area contributed by atoms with E-state index in [1.54, 1.807) is 11.8 Å². The number of nitrogens with one attached hydrogen (secondary N) is 1. The summed E-state index contributed by atoms with van der Waals surface area (Å²) in [5, 5.41) is 1.91. The summed E-state index contributed by atoms with van der Waals surface area (Å²) in [6.45, 7) is 0. The molecule has 0 unspecified atom stereocenters. The first-order chi connectivity index (χ1) is 5.72. The summed E-state index contributed by atoms with van der Waals surface area (Å²) >= 11 is 6.78. The zero-order valence-corrected chi connectivity index (χ0v) is 8.08. The molecule has 0 radical (unpaired) electrons. The van der Waals surface area contributed by atoms with Crippen molar-refractivity contribution in [3.63, 3.8) is 0 Å². The van der Waals surface area contributed by atoms with E-state index in [4.69, 9.17) is 11.6 Å². The van der Waals surface area contributed by atoms with Crippen molar-refractivity contribution in [1.29, 1.82) is 0 Å². The van der Waals surface area contributed by atoms with E-state index in [-0.39, 0.29) is 0 Å². The predicted octanol–water partition coefficient (Wildman–Crippen LogP) is 3.18. The van der Waals surface area contributed by atoms with Crippen LogP contribution in [-0.4, -0.2) is 11.6 Å². The van der Waals surface area contributed by atoms with Gasteiger partial charge in [0, 0.05) is 10.6 Å². The van der Waals surface area contributed by atoms with Gasteiger partial charge >= 0.3 is 5.37 Å². The molecule has 2 nitrogen and oxygen atoms in total. The molecule has 4 heteroatoms. The van der Waals surface area contributed by atoms with Gasteiger partial charge in [-0.05, 0) is 42.1 Å². The smallest absolute Gasteiger partial charge is 0.312 e. The van der Waals surface area contributed by atoms with Gasteiger partial charge in [-0.25, -0.2) is 0 Å². The third kappa shape index (κ3) is 2.75. The monoisotopic (exact) mass is 201 g/mol. The molecule has 0 heterocycles. The van der Waals surface area contributed by atoms with E-state index < -0.39 is 5.37 Å². The molecule has 0 aliphatic carbocycles. The van der Waals surface area contributed by atoms with Crippen molar-refractivity contribution < 1.29 is 4.79 Å². The average molecular weight is 202 g/mol.